The van der Waals surface area contributed by atoms with E-state index in [1.54, 1.807) is 6.20 Å². The summed E-state index contributed by atoms with van der Waals surface area (Å²) in [5.41, 5.74) is 3.36. The van der Waals surface area contributed by atoms with Gasteiger partial charge in [-0.1, -0.05) is 49.4 Å². The third-order valence-electron chi connectivity index (χ3n) is 5.05. The summed E-state index contributed by atoms with van der Waals surface area (Å²) < 4.78 is 15.3. The summed E-state index contributed by atoms with van der Waals surface area (Å²) in [6.07, 6.45) is 4.64. The molecule has 1 unspecified atom stereocenters. The third kappa shape index (κ3) is 3.31. The van der Waals surface area contributed by atoms with Gasteiger partial charge in [-0.05, 0) is 53.4 Å². The number of nitrogens with one attached hydrogen (secondary N) is 1. The van der Waals surface area contributed by atoms with Crippen molar-refractivity contribution < 1.29 is 4.39 Å². The molecule has 3 aromatic carbocycles. The van der Waals surface area contributed by atoms with Crippen LogP contribution in [0.1, 0.15) is 30.5 Å². The maximum Gasteiger partial charge on any atom is 0.207 e. The average molecular weight is 359 g/mol. The predicted molar refractivity (Wildman–Crippen MR) is 109 cm³/mol. The van der Waals surface area contributed by atoms with Crippen LogP contribution in [0.2, 0.25) is 0 Å². The minimum Gasteiger partial charge on any atom is -0.349 e. The van der Waals surface area contributed by atoms with Crippen molar-refractivity contribution in [3.63, 3.8) is 0 Å². The molecule has 0 saturated heterocycles. The highest BCUT2D eigenvalue weighted by atomic mass is 19.1. The summed E-state index contributed by atoms with van der Waals surface area (Å²) in [6, 6.07) is 19.4. The van der Waals surface area contributed by atoms with E-state index in [0.717, 1.165) is 23.6 Å². The number of halogens is 1. The third-order valence-corrected chi connectivity index (χ3v) is 5.05. The molecule has 0 fully saturated rings. The van der Waals surface area contributed by atoms with Gasteiger partial charge < -0.3 is 5.32 Å². The van der Waals surface area contributed by atoms with Gasteiger partial charge in [0.15, 0.2) is 0 Å². The van der Waals surface area contributed by atoms with Crippen molar-refractivity contribution in [2.24, 2.45) is 0 Å². The number of anilines is 1. The van der Waals surface area contributed by atoms with Gasteiger partial charge in [0.2, 0.25) is 5.95 Å². The van der Waals surface area contributed by atoms with Gasteiger partial charge in [-0.25, -0.2) is 9.37 Å². The van der Waals surface area contributed by atoms with Crippen molar-refractivity contribution in [3.8, 4) is 5.69 Å². The Morgan fingerprint density at radius 2 is 1.81 bits per heavy atom. The number of aromatic nitrogens is 2. The van der Waals surface area contributed by atoms with E-state index in [4.69, 9.17) is 0 Å². The quantitative estimate of drug-likeness (QED) is 0.471. The lowest BCUT2D eigenvalue weighted by atomic mass is 10.0. The standard InChI is InChI=1S/C23H22FN3/c1-3-21(18-8-11-19(24)12-9-18)26-23-25-14-15-27(23)22-13-10-17-6-4-5-7-20(17)16(22)2/h4-15,21H,3H2,1-2H3,(H,25,26). The zero-order chi connectivity index (χ0) is 18.8. The molecule has 0 saturated carbocycles. The fourth-order valence-electron chi connectivity index (χ4n) is 3.55. The fourth-order valence-corrected chi connectivity index (χ4v) is 3.55. The first-order valence-corrected chi connectivity index (χ1v) is 9.21. The van der Waals surface area contributed by atoms with Crippen LogP contribution in [-0.4, -0.2) is 9.55 Å². The first kappa shape index (κ1) is 17.3. The van der Waals surface area contributed by atoms with Gasteiger partial charge in [-0.2, -0.15) is 0 Å². The Kier molecular flexibility index (Phi) is 4.63. The van der Waals surface area contributed by atoms with Crippen LogP contribution in [-0.2, 0) is 0 Å². The van der Waals surface area contributed by atoms with E-state index >= 15 is 0 Å². The molecule has 1 N–H and O–H groups in total. The molecule has 0 aliphatic rings. The number of rotatable bonds is 5. The summed E-state index contributed by atoms with van der Waals surface area (Å²) in [4.78, 5) is 4.52. The second-order valence-corrected chi connectivity index (χ2v) is 6.71. The summed E-state index contributed by atoms with van der Waals surface area (Å²) in [5, 5.41) is 5.98. The van der Waals surface area contributed by atoms with Crippen LogP contribution in [0.15, 0.2) is 73.1 Å². The van der Waals surface area contributed by atoms with Crippen LogP contribution in [0.25, 0.3) is 16.5 Å². The highest BCUT2D eigenvalue weighted by Gasteiger charge is 2.15. The molecule has 4 heteroatoms. The number of benzene rings is 3. The molecule has 136 valence electrons. The van der Waals surface area contributed by atoms with Crippen molar-refractivity contribution in [2.75, 3.05) is 5.32 Å². The molecular formula is C23H22FN3. The largest absolute Gasteiger partial charge is 0.349 e. The minimum atomic E-state index is -0.220. The van der Waals surface area contributed by atoms with Crippen molar-refractivity contribution in [1.82, 2.24) is 9.55 Å². The molecular weight excluding hydrogens is 337 g/mol. The van der Waals surface area contributed by atoms with Crippen LogP contribution in [0.4, 0.5) is 10.3 Å². The van der Waals surface area contributed by atoms with Gasteiger partial charge in [0.1, 0.15) is 5.82 Å². The van der Waals surface area contributed by atoms with Crippen LogP contribution in [0.5, 0.6) is 0 Å². The van der Waals surface area contributed by atoms with Crippen LogP contribution in [0.3, 0.4) is 0 Å². The molecule has 1 aromatic heterocycles. The molecule has 1 heterocycles. The maximum absolute atomic E-state index is 13.3. The molecule has 3 nitrogen and oxygen atoms in total. The maximum atomic E-state index is 13.3. The van der Waals surface area contributed by atoms with Gasteiger partial charge in [0, 0.05) is 12.4 Å². The monoisotopic (exact) mass is 359 g/mol. The molecule has 1 atom stereocenters. The highest BCUT2D eigenvalue weighted by Crippen LogP contribution is 2.28. The Bertz CT molecular complexity index is 1070. The van der Waals surface area contributed by atoms with Crippen LogP contribution < -0.4 is 5.32 Å². The number of nitrogens with zero attached hydrogens (tertiary/aromatic N) is 2. The summed E-state index contributed by atoms with van der Waals surface area (Å²) in [6.45, 7) is 4.24. The predicted octanol–water partition coefficient (Wildman–Crippen LogP) is 6.04. The molecule has 4 rings (SSSR count). The number of hydrogen-bond donors (Lipinski definition) is 1. The smallest absolute Gasteiger partial charge is 0.207 e. The zero-order valence-electron chi connectivity index (χ0n) is 15.5. The molecule has 0 spiro atoms. The average Bonchev–Trinajstić information content (AvgIpc) is 3.15. The van der Waals surface area contributed by atoms with Crippen LogP contribution in [0, 0.1) is 12.7 Å². The van der Waals surface area contributed by atoms with Crippen molar-refractivity contribution in [3.05, 3.63) is 90.0 Å². The highest BCUT2D eigenvalue weighted by molar-refractivity contribution is 5.88. The van der Waals surface area contributed by atoms with Crippen molar-refractivity contribution >= 4 is 16.7 Å². The Hall–Kier alpha value is -3.14. The van der Waals surface area contributed by atoms with E-state index in [2.05, 4.69) is 65.1 Å². The van der Waals surface area contributed by atoms with Gasteiger partial charge >= 0.3 is 0 Å². The summed E-state index contributed by atoms with van der Waals surface area (Å²) in [5.74, 6) is 0.562. The molecule has 0 radical (unpaired) electrons. The van der Waals surface area contributed by atoms with Gasteiger partial charge in [0.25, 0.3) is 0 Å². The summed E-state index contributed by atoms with van der Waals surface area (Å²) in [7, 11) is 0. The van der Waals surface area contributed by atoms with E-state index < -0.39 is 0 Å². The van der Waals surface area contributed by atoms with E-state index in [9.17, 15) is 4.39 Å². The lowest BCUT2D eigenvalue weighted by Crippen LogP contribution is -2.13. The Balaban J connectivity index is 1.71. The van der Waals surface area contributed by atoms with E-state index in [1.807, 2.05) is 18.3 Å². The molecule has 4 aromatic rings. The number of aryl methyl sites for hydroxylation is 1. The number of imidazole rings is 1. The SMILES string of the molecule is CCC(Nc1nccn1-c1ccc2ccccc2c1C)c1ccc(F)cc1. The van der Waals surface area contributed by atoms with E-state index in [0.29, 0.717) is 0 Å². The number of hydrogen-bond acceptors (Lipinski definition) is 2. The fraction of sp³-hybridized carbons (Fsp3) is 0.174. The van der Waals surface area contributed by atoms with Crippen molar-refractivity contribution in [1.29, 1.82) is 0 Å². The Labute approximate surface area is 158 Å². The topological polar surface area (TPSA) is 29.9 Å². The zero-order valence-corrected chi connectivity index (χ0v) is 15.5. The summed E-state index contributed by atoms with van der Waals surface area (Å²) >= 11 is 0. The first-order chi connectivity index (χ1) is 13.2. The normalized spacial score (nSPS) is 12.3. The Morgan fingerprint density at radius 1 is 1.04 bits per heavy atom. The molecule has 0 aliphatic heterocycles. The lowest BCUT2D eigenvalue weighted by molar-refractivity contribution is 0.625. The van der Waals surface area contributed by atoms with Gasteiger partial charge in [-0.3, -0.25) is 4.57 Å². The Morgan fingerprint density at radius 3 is 2.59 bits per heavy atom. The van der Waals surface area contributed by atoms with Gasteiger partial charge in [-0.15, -0.1) is 0 Å². The molecule has 27 heavy (non-hydrogen) atoms. The molecule has 0 bridgehead atoms. The second-order valence-electron chi connectivity index (χ2n) is 6.71. The number of fused-ring (bicyclic) bond motifs is 1. The lowest BCUT2D eigenvalue weighted by Gasteiger charge is -2.20. The molecule has 0 aliphatic carbocycles. The second kappa shape index (κ2) is 7.23. The molecule has 0 amide bonds. The van der Waals surface area contributed by atoms with Crippen LogP contribution >= 0.6 is 0 Å². The van der Waals surface area contributed by atoms with E-state index in [1.165, 1.54) is 28.5 Å². The first-order valence-electron chi connectivity index (χ1n) is 9.21. The minimum absolute atomic E-state index is 0.0625. The van der Waals surface area contributed by atoms with E-state index in [-0.39, 0.29) is 11.9 Å². The van der Waals surface area contributed by atoms with Crippen molar-refractivity contribution in [2.45, 2.75) is 26.3 Å². The van der Waals surface area contributed by atoms with Gasteiger partial charge in [0.05, 0.1) is 11.7 Å².